The van der Waals surface area contributed by atoms with Crippen molar-refractivity contribution in [1.82, 2.24) is 15.0 Å². The highest BCUT2D eigenvalue weighted by Gasteiger charge is 2.11. The summed E-state index contributed by atoms with van der Waals surface area (Å²) < 4.78 is 0. The summed E-state index contributed by atoms with van der Waals surface area (Å²) in [7, 11) is 0. The van der Waals surface area contributed by atoms with Crippen LogP contribution in [0.3, 0.4) is 0 Å². The number of anilines is 1. The molecule has 2 aromatic heterocycles. The Balaban J connectivity index is 1.95. The first kappa shape index (κ1) is 10.5. The fourth-order valence-electron chi connectivity index (χ4n) is 1.82. The Labute approximate surface area is 103 Å². The van der Waals surface area contributed by atoms with Gasteiger partial charge in [-0.15, -0.1) is 0 Å². The fraction of sp³-hybridized carbons (Fsp3) is 0. The summed E-state index contributed by atoms with van der Waals surface area (Å²) >= 11 is 0. The molecule has 0 radical (unpaired) electrons. The minimum Gasteiger partial charge on any atom is -0.361 e. The highest BCUT2D eigenvalue weighted by atomic mass is 16.1. The number of nitrogens with zero attached hydrogens (tertiary/aromatic N) is 2. The first-order chi connectivity index (χ1) is 8.84. The highest BCUT2D eigenvalue weighted by Crippen LogP contribution is 2.18. The number of aromatic amines is 1. The van der Waals surface area contributed by atoms with E-state index in [1.54, 1.807) is 30.7 Å². The Morgan fingerprint density at radius 3 is 2.78 bits per heavy atom. The number of H-pyrrole nitrogens is 1. The average molecular weight is 238 g/mol. The molecule has 0 saturated carbocycles. The SMILES string of the molecule is O=C(Nc1ncccn1)c1cccc2[nH]ccc12. The minimum absolute atomic E-state index is 0.216. The number of rotatable bonds is 2. The second-order valence-corrected chi connectivity index (χ2v) is 3.77. The van der Waals surface area contributed by atoms with E-state index in [4.69, 9.17) is 0 Å². The molecule has 0 fully saturated rings. The molecule has 5 heteroatoms. The van der Waals surface area contributed by atoms with Crippen molar-refractivity contribution in [1.29, 1.82) is 0 Å². The van der Waals surface area contributed by atoms with Crippen LogP contribution in [0.15, 0.2) is 48.9 Å². The molecule has 0 aliphatic carbocycles. The molecular weight excluding hydrogens is 228 g/mol. The van der Waals surface area contributed by atoms with Gasteiger partial charge in [-0.05, 0) is 24.3 Å². The molecule has 5 nitrogen and oxygen atoms in total. The van der Waals surface area contributed by atoms with Crippen molar-refractivity contribution in [2.24, 2.45) is 0 Å². The molecule has 0 atom stereocenters. The molecule has 0 saturated heterocycles. The van der Waals surface area contributed by atoms with Crippen LogP contribution in [0.4, 0.5) is 5.95 Å². The van der Waals surface area contributed by atoms with Gasteiger partial charge in [-0.2, -0.15) is 0 Å². The van der Waals surface area contributed by atoms with Gasteiger partial charge in [0.25, 0.3) is 5.91 Å². The maximum atomic E-state index is 12.1. The van der Waals surface area contributed by atoms with E-state index in [9.17, 15) is 4.79 Å². The Hall–Kier alpha value is -2.69. The summed E-state index contributed by atoms with van der Waals surface area (Å²) in [4.78, 5) is 23.1. The van der Waals surface area contributed by atoms with Crippen LogP contribution in [-0.4, -0.2) is 20.9 Å². The van der Waals surface area contributed by atoms with Crippen LogP contribution in [0, 0.1) is 0 Å². The van der Waals surface area contributed by atoms with E-state index in [0.717, 1.165) is 10.9 Å². The summed E-state index contributed by atoms with van der Waals surface area (Å²) in [6.07, 6.45) is 4.97. The summed E-state index contributed by atoms with van der Waals surface area (Å²) in [5.74, 6) is 0.0847. The summed E-state index contributed by atoms with van der Waals surface area (Å²) in [5, 5.41) is 3.55. The highest BCUT2D eigenvalue weighted by molar-refractivity contribution is 6.11. The van der Waals surface area contributed by atoms with Crippen molar-refractivity contribution in [3.05, 3.63) is 54.5 Å². The quantitative estimate of drug-likeness (QED) is 0.719. The van der Waals surface area contributed by atoms with Crippen molar-refractivity contribution in [2.45, 2.75) is 0 Å². The van der Waals surface area contributed by atoms with Crippen molar-refractivity contribution in [3.63, 3.8) is 0 Å². The molecule has 0 unspecified atom stereocenters. The third-order valence-corrected chi connectivity index (χ3v) is 2.63. The number of carbonyl (C=O) groups is 1. The molecular formula is C13H10N4O. The van der Waals surface area contributed by atoms with Crippen LogP contribution in [0.5, 0.6) is 0 Å². The Kier molecular flexibility index (Phi) is 2.49. The van der Waals surface area contributed by atoms with E-state index in [1.807, 2.05) is 18.2 Å². The van der Waals surface area contributed by atoms with Gasteiger partial charge in [0.15, 0.2) is 0 Å². The van der Waals surface area contributed by atoms with Gasteiger partial charge in [0.1, 0.15) is 0 Å². The Morgan fingerprint density at radius 1 is 1.11 bits per heavy atom. The van der Waals surface area contributed by atoms with Crippen molar-refractivity contribution >= 4 is 22.8 Å². The Bertz CT molecular complexity index is 690. The smallest absolute Gasteiger partial charge is 0.258 e. The van der Waals surface area contributed by atoms with Crippen LogP contribution >= 0.6 is 0 Å². The number of hydrogen-bond donors (Lipinski definition) is 2. The molecule has 0 spiro atoms. The predicted octanol–water partition coefficient (Wildman–Crippen LogP) is 2.21. The second kappa shape index (κ2) is 4.29. The zero-order valence-corrected chi connectivity index (χ0v) is 9.42. The van der Waals surface area contributed by atoms with Gasteiger partial charge in [-0.25, -0.2) is 9.97 Å². The Morgan fingerprint density at radius 2 is 1.94 bits per heavy atom. The van der Waals surface area contributed by atoms with E-state index in [0.29, 0.717) is 11.5 Å². The average Bonchev–Trinajstić information content (AvgIpc) is 2.87. The summed E-state index contributed by atoms with van der Waals surface area (Å²) in [5.41, 5.74) is 1.53. The molecule has 2 heterocycles. The number of aromatic nitrogens is 3. The zero-order chi connectivity index (χ0) is 12.4. The van der Waals surface area contributed by atoms with E-state index >= 15 is 0 Å². The minimum atomic E-state index is -0.216. The van der Waals surface area contributed by atoms with Crippen molar-refractivity contribution in [2.75, 3.05) is 5.32 Å². The lowest BCUT2D eigenvalue weighted by molar-refractivity contribution is 0.102. The van der Waals surface area contributed by atoms with E-state index in [-0.39, 0.29) is 5.91 Å². The first-order valence-corrected chi connectivity index (χ1v) is 5.49. The van der Waals surface area contributed by atoms with Crippen molar-refractivity contribution in [3.8, 4) is 0 Å². The monoisotopic (exact) mass is 238 g/mol. The number of amides is 1. The third kappa shape index (κ3) is 1.82. The van der Waals surface area contributed by atoms with Gasteiger partial charge in [0, 0.05) is 35.1 Å². The van der Waals surface area contributed by atoms with E-state index in [2.05, 4.69) is 20.3 Å². The molecule has 3 rings (SSSR count). The standard InChI is InChI=1S/C13H10N4O/c18-12(17-13-15-6-2-7-16-13)10-3-1-4-11-9(10)5-8-14-11/h1-8,14H,(H,15,16,17,18). The third-order valence-electron chi connectivity index (χ3n) is 2.63. The fourth-order valence-corrected chi connectivity index (χ4v) is 1.82. The topological polar surface area (TPSA) is 70.7 Å². The molecule has 1 amide bonds. The lowest BCUT2D eigenvalue weighted by Crippen LogP contribution is -2.14. The number of hydrogen-bond acceptors (Lipinski definition) is 3. The van der Waals surface area contributed by atoms with E-state index in [1.165, 1.54) is 0 Å². The normalized spacial score (nSPS) is 10.4. The summed E-state index contributed by atoms with van der Waals surface area (Å²) in [6.45, 7) is 0. The molecule has 0 aliphatic rings. The van der Waals surface area contributed by atoms with Gasteiger partial charge in [0.2, 0.25) is 5.95 Å². The molecule has 0 bridgehead atoms. The zero-order valence-electron chi connectivity index (χ0n) is 9.42. The van der Waals surface area contributed by atoms with Gasteiger partial charge < -0.3 is 4.98 Å². The van der Waals surface area contributed by atoms with Crippen LogP contribution in [-0.2, 0) is 0 Å². The maximum Gasteiger partial charge on any atom is 0.258 e. The summed E-state index contributed by atoms with van der Waals surface area (Å²) in [6, 6.07) is 9.10. The molecule has 88 valence electrons. The number of carbonyl (C=O) groups excluding carboxylic acids is 1. The number of fused-ring (bicyclic) bond motifs is 1. The first-order valence-electron chi connectivity index (χ1n) is 5.49. The van der Waals surface area contributed by atoms with Gasteiger partial charge in [0.05, 0.1) is 0 Å². The largest absolute Gasteiger partial charge is 0.361 e. The van der Waals surface area contributed by atoms with Crippen LogP contribution in [0.2, 0.25) is 0 Å². The number of benzene rings is 1. The predicted molar refractivity (Wildman–Crippen MR) is 68.3 cm³/mol. The van der Waals surface area contributed by atoms with Gasteiger partial charge in [-0.1, -0.05) is 6.07 Å². The van der Waals surface area contributed by atoms with Crippen LogP contribution < -0.4 is 5.32 Å². The van der Waals surface area contributed by atoms with Crippen LogP contribution in [0.25, 0.3) is 10.9 Å². The number of nitrogens with one attached hydrogen (secondary N) is 2. The van der Waals surface area contributed by atoms with Gasteiger partial charge >= 0.3 is 0 Å². The molecule has 3 aromatic rings. The lowest BCUT2D eigenvalue weighted by atomic mass is 10.1. The second-order valence-electron chi connectivity index (χ2n) is 3.77. The maximum absolute atomic E-state index is 12.1. The molecule has 1 aromatic carbocycles. The van der Waals surface area contributed by atoms with Crippen molar-refractivity contribution < 1.29 is 4.79 Å². The lowest BCUT2D eigenvalue weighted by Gasteiger charge is -2.04. The van der Waals surface area contributed by atoms with Crippen LogP contribution in [0.1, 0.15) is 10.4 Å². The molecule has 0 aliphatic heterocycles. The van der Waals surface area contributed by atoms with E-state index < -0.39 is 0 Å². The molecule has 2 N–H and O–H groups in total. The van der Waals surface area contributed by atoms with Gasteiger partial charge in [-0.3, -0.25) is 10.1 Å². The molecule has 18 heavy (non-hydrogen) atoms.